The average Bonchev–Trinajstić information content (AvgIpc) is 3.75. The van der Waals surface area contributed by atoms with Crippen molar-refractivity contribution in [1.29, 1.82) is 0 Å². The predicted octanol–water partition coefficient (Wildman–Crippen LogP) is 6.50. The Kier molecular flexibility index (Phi) is 14.8. The van der Waals surface area contributed by atoms with Crippen LogP contribution in [0, 0.1) is 11.3 Å². The maximum atomic E-state index is 14.6. The molecule has 0 bridgehead atoms. The third-order valence-corrected chi connectivity index (χ3v) is 10.9. The van der Waals surface area contributed by atoms with Gasteiger partial charge in [-0.25, -0.2) is 4.98 Å². The number of methoxy groups -OCH3 is 5. The lowest BCUT2D eigenvalue weighted by Crippen LogP contribution is -2.42. The second kappa shape index (κ2) is 19.7. The van der Waals surface area contributed by atoms with Gasteiger partial charge in [0.15, 0.2) is 28.8 Å². The number of hydrogen-bond acceptors (Lipinski definition) is 10. The number of hydrogen-bond donors (Lipinski definition) is 0. The fraction of sp³-hybridized carbons (Fsp3) is 0.512. The Morgan fingerprint density at radius 1 is 0.873 bits per heavy atom. The number of ketones is 1. The number of allylic oxidation sites excluding steroid dienone is 3. The highest BCUT2D eigenvalue weighted by Crippen LogP contribution is 2.43. The lowest BCUT2D eigenvalue weighted by atomic mass is 9.76. The monoisotopic (exact) mass is 758 g/mol. The molecular weight excluding hydrogens is 700 g/mol. The fourth-order valence-corrected chi connectivity index (χ4v) is 7.85. The molecule has 2 aliphatic heterocycles. The van der Waals surface area contributed by atoms with Crippen molar-refractivity contribution in [2.75, 3.05) is 74.9 Å². The highest BCUT2D eigenvalue weighted by Gasteiger charge is 2.46. The van der Waals surface area contributed by atoms with Crippen LogP contribution in [0.15, 0.2) is 54.8 Å². The highest BCUT2D eigenvalue weighted by molar-refractivity contribution is 5.95. The van der Waals surface area contributed by atoms with E-state index in [1.165, 1.54) is 0 Å². The molecule has 2 aromatic carbocycles. The minimum absolute atomic E-state index is 0.0835. The Morgan fingerprint density at radius 2 is 1.56 bits per heavy atom. The van der Waals surface area contributed by atoms with Gasteiger partial charge in [0.25, 0.3) is 0 Å². The minimum atomic E-state index is -0.616. The van der Waals surface area contributed by atoms with Crippen LogP contribution in [0.1, 0.15) is 67.0 Å². The minimum Gasteiger partial charge on any atom is -0.493 e. The molecule has 0 N–H and O–H groups in total. The highest BCUT2D eigenvalue weighted by atomic mass is 16.5. The van der Waals surface area contributed by atoms with Gasteiger partial charge in [0.1, 0.15) is 0 Å². The zero-order chi connectivity index (χ0) is 39.4. The second-order valence-electron chi connectivity index (χ2n) is 14.1. The zero-order valence-electron chi connectivity index (χ0n) is 33.6. The van der Waals surface area contributed by atoms with Gasteiger partial charge in [-0.1, -0.05) is 24.3 Å². The Bertz CT molecular complexity index is 1790. The number of benzene rings is 2. The number of ether oxygens (including phenoxy) is 6. The van der Waals surface area contributed by atoms with E-state index in [9.17, 15) is 9.59 Å². The number of carbonyl (C=O) groups is 2. The van der Waals surface area contributed by atoms with E-state index in [1.807, 2.05) is 78.0 Å². The molecule has 12 nitrogen and oxygen atoms in total. The van der Waals surface area contributed by atoms with Crippen molar-refractivity contribution in [3.8, 4) is 28.7 Å². The number of likely N-dealkylation sites (tertiary alicyclic amines) is 2. The lowest BCUT2D eigenvalue weighted by molar-refractivity contribution is -0.137. The van der Waals surface area contributed by atoms with Gasteiger partial charge >= 0.3 is 0 Å². The van der Waals surface area contributed by atoms with Crippen molar-refractivity contribution in [1.82, 2.24) is 19.4 Å². The summed E-state index contributed by atoms with van der Waals surface area (Å²) in [6.07, 6.45) is 13.1. The number of amides is 1. The van der Waals surface area contributed by atoms with E-state index >= 15 is 0 Å². The molecule has 1 aromatic heterocycles. The summed E-state index contributed by atoms with van der Waals surface area (Å²) in [7, 11) is 8.01. The SMILES string of the molecule is CC=CC=Cc1cnc(C(=O)C2CCN(CCC3(Cc4ccc(OC)c(OC)c4)CCN(Cc4cc(OC)c(OC)c(OC)c4)C3=O)CC2)n1CCOCC. The van der Waals surface area contributed by atoms with Crippen LogP contribution in [0.4, 0.5) is 0 Å². The van der Waals surface area contributed by atoms with Gasteiger partial charge in [-0.05, 0) is 107 Å². The summed E-state index contributed by atoms with van der Waals surface area (Å²) in [6, 6.07) is 9.71. The van der Waals surface area contributed by atoms with Crippen LogP contribution in [0.3, 0.4) is 0 Å². The molecule has 12 heteroatoms. The Hall–Kier alpha value is -4.81. The van der Waals surface area contributed by atoms with Crippen molar-refractivity contribution in [2.45, 2.75) is 59.0 Å². The van der Waals surface area contributed by atoms with Crippen LogP contribution in [-0.2, 0) is 29.0 Å². The van der Waals surface area contributed by atoms with Gasteiger partial charge in [-0.3, -0.25) is 9.59 Å². The molecule has 55 heavy (non-hydrogen) atoms. The van der Waals surface area contributed by atoms with Gasteiger partial charge < -0.3 is 42.8 Å². The molecule has 0 aliphatic carbocycles. The quantitative estimate of drug-likeness (QED) is 0.0719. The summed E-state index contributed by atoms with van der Waals surface area (Å²) >= 11 is 0. The van der Waals surface area contributed by atoms with Gasteiger partial charge in [-0.15, -0.1) is 0 Å². The predicted molar refractivity (Wildman–Crippen MR) is 212 cm³/mol. The van der Waals surface area contributed by atoms with Gasteiger partial charge in [0.05, 0.1) is 59.5 Å². The van der Waals surface area contributed by atoms with Crippen molar-refractivity contribution in [3.05, 3.63) is 77.4 Å². The first-order chi connectivity index (χ1) is 26.7. The topological polar surface area (TPSA) is 114 Å². The maximum absolute atomic E-state index is 14.6. The summed E-state index contributed by atoms with van der Waals surface area (Å²) in [5, 5.41) is 0. The number of carbonyl (C=O) groups excluding carboxylic acids is 2. The third kappa shape index (κ3) is 9.71. The molecule has 1 atom stereocenters. The van der Waals surface area contributed by atoms with E-state index in [0.29, 0.717) is 80.3 Å². The fourth-order valence-electron chi connectivity index (χ4n) is 7.85. The van der Waals surface area contributed by atoms with Crippen molar-refractivity contribution >= 4 is 17.8 Å². The summed E-state index contributed by atoms with van der Waals surface area (Å²) in [6.45, 7) is 8.99. The molecule has 2 aliphatic rings. The number of nitrogens with zero attached hydrogens (tertiary/aromatic N) is 4. The normalized spacial score (nSPS) is 18.1. The lowest BCUT2D eigenvalue weighted by Gasteiger charge is -2.35. The number of imidazole rings is 1. The Morgan fingerprint density at radius 3 is 2.20 bits per heavy atom. The average molecular weight is 759 g/mol. The molecule has 3 heterocycles. The first kappa shape index (κ1) is 41.4. The molecule has 1 amide bonds. The van der Waals surface area contributed by atoms with E-state index in [4.69, 9.17) is 28.4 Å². The van der Waals surface area contributed by atoms with Crippen LogP contribution in [0.25, 0.3) is 6.08 Å². The van der Waals surface area contributed by atoms with E-state index in [1.54, 1.807) is 41.7 Å². The van der Waals surface area contributed by atoms with E-state index in [-0.39, 0.29) is 17.6 Å². The molecule has 5 rings (SSSR count). The Labute approximate surface area is 326 Å². The molecular formula is C43H58N4O8. The number of Topliss-reactive ketones (excluding diaryl/α,β-unsaturated/α-hetero) is 1. The summed E-state index contributed by atoms with van der Waals surface area (Å²) < 4.78 is 35.5. The summed E-state index contributed by atoms with van der Waals surface area (Å²) in [5.74, 6) is 3.51. The molecule has 0 saturated carbocycles. The van der Waals surface area contributed by atoms with Crippen molar-refractivity contribution in [2.24, 2.45) is 11.3 Å². The van der Waals surface area contributed by atoms with Crippen LogP contribution in [0.5, 0.6) is 28.7 Å². The third-order valence-electron chi connectivity index (χ3n) is 10.9. The van der Waals surface area contributed by atoms with Gasteiger partial charge in [0, 0.05) is 32.2 Å². The molecule has 0 spiro atoms. The van der Waals surface area contributed by atoms with Crippen molar-refractivity contribution in [3.63, 3.8) is 0 Å². The standard InChI is InChI=1S/C43H58N4O8/c1-8-10-11-12-34-29-44-41(47(34)23-24-55-9-2)39(48)33-15-19-45(20-16-33)21-17-43(28-31-13-14-35(50-3)36(25-31)51-4)18-22-46(42(43)49)30-32-26-37(52-5)40(54-7)38(27-32)53-6/h8,10-14,25-27,29,33H,9,15-24,28,30H2,1-7H3. The van der Waals surface area contributed by atoms with Gasteiger partial charge in [0.2, 0.25) is 17.4 Å². The number of rotatable bonds is 20. The number of aromatic nitrogens is 2. The molecule has 2 fully saturated rings. The first-order valence-corrected chi connectivity index (χ1v) is 19.2. The summed E-state index contributed by atoms with van der Waals surface area (Å²) in [4.78, 5) is 37.5. The molecule has 0 radical (unpaired) electrons. The van der Waals surface area contributed by atoms with Gasteiger partial charge in [-0.2, -0.15) is 0 Å². The van der Waals surface area contributed by atoms with E-state index < -0.39 is 5.41 Å². The van der Waals surface area contributed by atoms with Crippen LogP contribution in [0.2, 0.25) is 0 Å². The summed E-state index contributed by atoms with van der Waals surface area (Å²) in [5.41, 5.74) is 2.19. The molecule has 298 valence electrons. The van der Waals surface area contributed by atoms with E-state index in [0.717, 1.165) is 55.7 Å². The van der Waals surface area contributed by atoms with E-state index in [2.05, 4.69) is 9.88 Å². The van der Waals surface area contributed by atoms with Crippen LogP contribution in [-0.4, -0.2) is 106 Å². The molecule has 3 aromatic rings. The van der Waals surface area contributed by atoms with Crippen molar-refractivity contribution < 1.29 is 38.0 Å². The first-order valence-electron chi connectivity index (χ1n) is 19.2. The number of piperidine rings is 1. The van der Waals surface area contributed by atoms with Crippen LogP contribution < -0.4 is 23.7 Å². The Balaban J connectivity index is 1.31. The molecule has 1 unspecified atom stereocenters. The molecule has 2 saturated heterocycles. The zero-order valence-corrected chi connectivity index (χ0v) is 33.6. The van der Waals surface area contributed by atoms with Crippen LogP contribution >= 0.6 is 0 Å². The largest absolute Gasteiger partial charge is 0.493 e. The second-order valence-corrected chi connectivity index (χ2v) is 14.1. The smallest absolute Gasteiger partial charge is 0.229 e. The maximum Gasteiger partial charge on any atom is 0.229 e.